The number of carbonyl (C=O) groups excluding carboxylic acids is 4. The largest absolute Gasteiger partial charge is 0.508 e. The summed E-state index contributed by atoms with van der Waals surface area (Å²) in [6.07, 6.45) is 2.02. The van der Waals surface area contributed by atoms with E-state index in [0.717, 1.165) is 4.90 Å². The zero-order valence-electron chi connectivity index (χ0n) is 20.2. The highest BCUT2D eigenvalue weighted by atomic mass is 35.5. The highest BCUT2D eigenvalue weighted by molar-refractivity contribution is 6.53. The molecular formula is C25H26Cl2N2O7. The van der Waals surface area contributed by atoms with Gasteiger partial charge >= 0.3 is 0 Å². The molecule has 9 nitrogen and oxygen atoms in total. The van der Waals surface area contributed by atoms with Crippen molar-refractivity contribution in [3.8, 4) is 17.2 Å². The topological polar surface area (TPSA) is 113 Å². The lowest BCUT2D eigenvalue weighted by Crippen LogP contribution is -2.60. The third-order valence-corrected chi connectivity index (χ3v) is 9.65. The average molecular weight is 537 g/mol. The number of ether oxygens (including phenoxy) is 2. The molecule has 2 aliphatic heterocycles. The molecule has 11 heteroatoms. The molecule has 2 heterocycles. The number of phenols is 1. The number of benzene rings is 1. The number of hydrogen-bond acceptors (Lipinski definition) is 7. The number of carbonyl (C=O) groups is 4. The van der Waals surface area contributed by atoms with E-state index in [-0.39, 0.29) is 48.4 Å². The van der Waals surface area contributed by atoms with E-state index in [1.807, 2.05) is 6.08 Å². The Morgan fingerprint density at radius 3 is 2.19 bits per heavy atom. The second-order valence-electron chi connectivity index (χ2n) is 9.68. The van der Waals surface area contributed by atoms with Crippen molar-refractivity contribution in [2.45, 2.75) is 35.4 Å². The Morgan fingerprint density at radius 1 is 1.03 bits per heavy atom. The Balaban J connectivity index is 1.81. The molecule has 1 saturated carbocycles. The van der Waals surface area contributed by atoms with Crippen molar-refractivity contribution in [1.29, 1.82) is 0 Å². The van der Waals surface area contributed by atoms with Crippen molar-refractivity contribution in [3.63, 3.8) is 0 Å². The van der Waals surface area contributed by atoms with Crippen molar-refractivity contribution in [2.75, 3.05) is 27.8 Å². The lowest BCUT2D eigenvalue weighted by atomic mass is 9.56. The first-order valence-corrected chi connectivity index (χ1v) is 12.4. The number of allylic oxidation sites excluding steroid dienone is 2. The molecule has 3 fully saturated rings. The van der Waals surface area contributed by atoms with Crippen LogP contribution in [0.3, 0.4) is 0 Å². The molecule has 1 N–H and O–H groups in total. The van der Waals surface area contributed by atoms with E-state index in [9.17, 15) is 24.3 Å². The minimum absolute atomic E-state index is 0.0875. The fourth-order valence-corrected chi connectivity index (χ4v) is 7.65. The van der Waals surface area contributed by atoms with Gasteiger partial charge in [-0.15, -0.1) is 23.2 Å². The van der Waals surface area contributed by atoms with Crippen molar-refractivity contribution in [3.05, 3.63) is 29.3 Å². The minimum atomic E-state index is -1.97. The third-order valence-electron chi connectivity index (χ3n) is 8.24. The van der Waals surface area contributed by atoms with Gasteiger partial charge in [-0.2, -0.15) is 0 Å². The summed E-state index contributed by atoms with van der Waals surface area (Å²) in [7, 11) is 4.11. The van der Waals surface area contributed by atoms with Crippen LogP contribution in [-0.4, -0.2) is 76.1 Å². The number of amides is 4. The number of alkyl halides is 2. The number of methoxy groups -OCH3 is 2. The van der Waals surface area contributed by atoms with Crippen molar-refractivity contribution in [2.24, 2.45) is 17.8 Å². The van der Waals surface area contributed by atoms with Gasteiger partial charge in [0.15, 0.2) is 9.75 Å². The van der Waals surface area contributed by atoms with Crippen LogP contribution >= 0.6 is 23.2 Å². The fourth-order valence-electron chi connectivity index (χ4n) is 6.65. The Morgan fingerprint density at radius 2 is 1.64 bits per heavy atom. The van der Waals surface area contributed by atoms with Gasteiger partial charge in [-0.05, 0) is 25.7 Å². The number of likely N-dealkylation sites (tertiary alicyclic amines) is 2. The molecule has 6 unspecified atom stereocenters. The van der Waals surface area contributed by atoms with E-state index in [4.69, 9.17) is 32.7 Å². The summed E-state index contributed by atoms with van der Waals surface area (Å²) in [5.74, 6) is -4.69. The van der Waals surface area contributed by atoms with E-state index in [1.54, 1.807) is 6.92 Å². The van der Waals surface area contributed by atoms with Gasteiger partial charge in [0.25, 0.3) is 11.8 Å². The van der Waals surface area contributed by atoms with Gasteiger partial charge in [0, 0.05) is 37.2 Å². The Labute approximate surface area is 217 Å². The number of rotatable bonds is 4. The summed E-state index contributed by atoms with van der Waals surface area (Å²) < 4.78 is 11.1. The van der Waals surface area contributed by atoms with Crippen LogP contribution in [-0.2, 0) is 19.2 Å². The molecule has 1 aromatic rings. The minimum Gasteiger partial charge on any atom is -0.508 e. The summed E-state index contributed by atoms with van der Waals surface area (Å²) >= 11 is 14.3. The Hall–Kier alpha value is -2.78. The van der Waals surface area contributed by atoms with Crippen molar-refractivity contribution in [1.82, 2.24) is 9.80 Å². The molecular weight excluding hydrogens is 511 g/mol. The van der Waals surface area contributed by atoms with Crippen LogP contribution in [0, 0.1) is 17.8 Å². The zero-order valence-corrected chi connectivity index (χ0v) is 21.7. The van der Waals surface area contributed by atoms with Crippen LogP contribution in [0.15, 0.2) is 23.8 Å². The highest BCUT2D eigenvalue weighted by Gasteiger charge is 2.76. The van der Waals surface area contributed by atoms with Gasteiger partial charge in [-0.25, -0.2) is 0 Å². The number of phenolic OH excluding ortho intramolecular Hbond substituents is 1. The predicted octanol–water partition coefficient (Wildman–Crippen LogP) is 2.42. The van der Waals surface area contributed by atoms with Gasteiger partial charge in [0.2, 0.25) is 11.8 Å². The van der Waals surface area contributed by atoms with E-state index >= 15 is 0 Å². The molecule has 1 aromatic carbocycles. The highest BCUT2D eigenvalue weighted by Crippen LogP contribution is 2.67. The molecule has 4 amide bonds. The van der Waals surface area contributed by atoms with Crippen LogP contribution in [0.25, 0.3) is 0 Å². The number of fused-ring (bicyclic) bond motifs is 4. The molecule has 2 saturated heterocycles. The van der Waals surface area contributed by atoms with Crippen LogP contribution in [0.2, 0.25) is 0 Å². The van der Waals surface area contributed by atoms with Crippen LogP contribution in [0.4, 0.5) is 0 Å². The van der Waals surface area contributed by atoms with E-state index in [0.29, 0.717) is 11.1 Å². The van der Waals surface area contributed by atoms with Crippen LogP contribution in [0.5, 0.6) is 17.2 Å². The maximum Gasteiger partial charge on any atom is 0.253 e. The number of nitrogens with zero attached hydrogens (tertiary/aromatic N) is 2. The van der Waals surface area contributed by atoms with Gasteiger partial charge < -0.3 is 14.6 Å². The first-order chi connectivity index (χ1) is 17.0. The van der Waals surface area contributed by atoms with Crippen molar-refractivity contribution >= 4 is 46.8 Å². The molecule has 36 heavy (non-hydrogen) atoms. The zero-order chi connectivity index (χ0) is 26.3. The first kappa shape index (κ1) is 24.9. The molecule has 5 rings (SSSR count). The van der Waals surface area contributed by atoms with E-state index in [2.05, 4.69) is 0 Å². The summed E-state index contributed by atoms with van der Waals surface area (Å²) in [6, 6.07) is 2.72. The molecule has 2 aliphatic carbocycles. The Bertz CT molecular complexity index is 1220. The summed E-state index contributed by atoms with van der Waals surface area (Å²) in [6.45, 7) is 1.97. The summed E-state index contributed by atoms with van der Waals surface area (Å²) in [4.78, 5) is 51.8. The van der Waals surface area contributed by atoms with Gasteiger partial charge in [0.1, 0.15) is 17.2 Å². The standard InChI is InChI=1S/C25H26Cl2N2O7/c1-5-29-20(31)13-7-6-12-14(17(13)21(29)32)10-24(26)22(33)28(2)23(34)25(24,27)19(12)18-15(35-3)8-11(30)9-16(18)36-4/h6,8-9,13-14,17,19,30H,5,7,10H2,1-4H3. The van der Waals surface area contributed by atoms with E-state index < -0.39 is 45.2 Å². The number of imide groups is 2. The number of halogens is 2. The van der Waals surface area contributed by atoms with Crippen molar-refractivity contribution < 1.29 is 33.8 Å². The molecule has 6 atom stereocenters. The fraction of sp³-hybridized carbons (Fsp3) is 0.520. The predicted molar refractivity (Wildman–Crippen MR) is 129 cm³/mol. The summed E-state index contributed by atoms with van der Waals surface area (Å²) in [5.41, 5.74) is 0.952. The molecule has 0 aromatic heterocycles. The van der Waals surface area contributed by atoms with Crippen LogP contribution < -0.4 is 9.47 Å². The molecule has 0 bridgehead atoms. The molecule has 192 valence electrons. The number of hydrogen-bond donors (Lipinski definition) is 1. The lowest BCUT2D eigenvalue weighted by Gasteiger charge is -2.51. The maximum atomic E-state index is 13.6. The van der Waals surface area contributed by atoms with Gasteiger partial charge in [0.05, 0.1) is 26.1 Å². The maximum absolute atomic E-state index is 13.6. The van der Waals surface area contributed by atoms with Crippen LogP contribution in [0.1, 0.15) is 31.2 Å². The number of aromatic hydroxyl groups is 1. The lowest BCUT2D eigenvalue weighted by molar-refractivity contribution is -0.141. The monoisotopic (exact) mass is 536 g/mol. The molecule has 0 spiro atoms. The third kappa shape index (κ3) is 2.84. The SMILES string of the molecule is CCN1C(=O)C2CC=C3C(CC4(Cl)C(=O)N(C)C(=O)C4(Cl)C3c3c(OC)cc(O)cc3OC)C2C1=O. The van der Waals surface area contributed by atoms with E-state index in [1.165, 1.54) is 38.3 Å². The summed E-state index contributed by atoms with van der Waals surface area (Å²) in [5, 5.41) is 10.2. The second kappa shape index (κ2) is 8.11. The quantitative estimate of drug-likeness (QED) is 0.357. The smallest absolute Gasteiger partial charge is 0.253 e. The molecule has 0 radical (unpaired) electrons. The first-order valence-electron chi connectivity index (χ1n) is 11.7. The normalized spacial score (nSPS) is 35.4. The Kier molecular flexibility index (Phi) is 5.61. The van der Waals surface area contributed by atoms with Gasteiger partial charge in [-0.3, -0.25) is 29.0 Å². The van der Waals surface area contributed by atoms with Gasteiger partial charge in [-0.1, -0.05) is 11.6 Å². The molecule has 4 aliphatic rings. The average Bonchev–Trinajstić information content (AvgIpc) is 3.18. The second-order valence-corrected chi connectivity index (χ2v) is 10.9.